The molecule has 0 bridgehead atoms. The fourth-order valence-corrected chi connectivity index (χ4v) is 3.11. The second-order valence-electron chi connectivity index (χ2n) is 5.96. The quantitative estimate of drug-likeness (QED) is 0.391. The minimum atomic E-state index is -4.59. The van der Waals surface area contributed by atoms with Crippen molar-refractivity contribution in [3.05, 3.63) is 57.1 Å². The molecule has 0 heterocycles. The number of hydrogen-bond acceptors (Lipinski definition) is 3. The highest BCUT2D eigenvalue weighted by Crippen LogP contribution is 2.37. The van der Waals surface area contributed by atoms with Crippen molar-refractivity contribution in [2.75, 3.05) is 0 Å². The van der Waals surface area contributed by atoms with Crippen molar-refractivity contribution in [3.8, 4) is 11.5 Å². The summed E-state index contributed by atoms with van der Waals surface area (Å²) >= 11 is 3.39. The van der Waals surface area contributed by atoms with Gasteiger partial charge in [-0.15, -0.1) is 0 Å². The smallest absolute Gasteiger partial charge is 0.416 e. The molecule has 2 aromatic rings. The Kier molecular flexibility index (Phi) is 6.92. The maximum atomic E-state index is 13.4. The molecule has 0 aliphatic heterocycles. The van der Waals surface area contributed by atoms with E-state index in [1.54, 1.807) is 13.0 Å². The van der Waals surface area contributed by atoms with Crippen molar-refractivity contribution in [3.63, 3.8) is 0 Å². The zero-order valence-corrected chi connectivity index (χ0v) is 16.8. The van der Waals surface area contributed by atoms with E-state index in [0.717, 1.165) is 23.6 Å². The predicted octanol–water partition coefficient (Wildman–Crippen LogP) is 6.23. The van der Waals surface area contributed by atoms with Gasteiger partial charge in [-0.1, -0.05) is 19.9 Å². The number of rotatable bonds is 6. The summed E-state index contributed by atoms with van der Waals surface area (Å²) in [6, 6.07) is 7.15. The van der Waals surface area contributed by atoms with E-state index >= 15 is 0 Å². The van der Waals surface area contributed by atoms with Gasteiger partial charge in [-0.2, -0.15) is 13.2 Å². The van der Waals surface area contributed by atoms with E-state index in [2.05, 4.69) is 15.9 Å². The van der Waals surface area contributed by atoms with Crippen LogP contribution in [0.1, 0.15) is 42.5 Å². The largest absolute Gasteiger partial charge is 0.488 e. The number of ether oxygens (including phenoxy) is 2. The van der Waals surface area contributed by atoms with Crippen molar-refractivity contribution in [1.82, 2.24) is 0 Å². The number of halogens is 4. The number of carbonyl (C=O) groups excluding carboxylic acids is 1. The van der Waals surface area contributed by atoms with Crippen LogP contribution in [0, 0.1) is 6.92 Å². The lowest BCUT2D eigenvalue weighted by Gasteiger charge is -2.18. The number of aryl methyl sites for hydroxylation is 2. The monoisotopic (exact) mass is 444 g/mol. The fourth-order valence-electron chi connectivity index (χ4n) is 2.61. The molecule has 0 saturated heterocycles. The third-order valence-corrected chi connectivity index (χ3v) is 4.71. The molecule has 2 aromatic carbocycles. The van der Waals surface area contributed by atoms with E-state index in [4.69, 9.17) is 9.47 Å². The van der Waals surface area contributed by atoms with Gasteiger partial charge in [-0.3, -0.25) is 4.79 Å². The SMILES string of the molecule is CCC(=O)Oc1cccc(C(F)(F)F)c1COc1cc(C)c(CC)cc1Br. The Bertz CT molecular complexity index is 832. The average Bonchev–Trinajstić information content (AvgIpc) is 2.61. The molecule has 0 N–H and O–H groups in total. The number of hydrogen-bond donors (Lipinski definition) is 0. The van der Waals surface area contributed by atoms with E-state index in [-0.39, 0.29) is 24.3 Å². The topological polar surface area (TPSA) is 35.5 Å². The summed E-state index contributed by atoms with van der Waals surface area (Å²) in [6.45, 7) is 5.12. The van der Waals surface area contributed by atoms with Crippen LogP contribution in [-0.2, 0) is 24.0 Å². The molecular weight excluding hydrogens is 425 g/mol. The summed E-state index contributed by atoms with van der Waals surface area (Å²) in [4.78, 5) is 11.6. The highest BCUT2D eigenvalue weighted by Gasteiger charge is 2.35. The van der Waals surface area contributed by atoms with Crippen LogP contribution in [0.25, 0.3) is 0 Å². The van der Waals surface area contributed by atoms with Gasteiger partial charge in [0.2, 0.25) is 0 Å². The molecule has 0 amide bonds. The lowest BCUT2D eigenvalue weighted by Crippen LogP contribution is -2.15. The van der Waals surface area contributed by atoms with E-state index in [0.29, 0.717) is 10.2 Å². The fraction of sp³-hybridized carbons (Fsp3) is 0.350. The molecule has 0 radical (unpaired) electrons. The molecule has 0 saturated carbocycles. The van der Waals surface area contributed by atoms with Crippen LogP contribution in [0.3, 0.4) is 0 Å². The first-order chi connectivity index (χ1) is 12.7. The van der Waals surface area contributed by atoms with Gasteiger partial charge in [0.05, 0.1) is 10.0 Å². The van der Waals surface area contributed by atoms with E-state index in [1.807, 2.05) is 19.9 Å². The lowest BCUT2D eigenvalue weighted by molar-refractivity contribution is -0.140. The highest BCUT2D eigenvalue weighted by atomic mass is 79.9. The zero-order valence-electron chi connectivity index (χ0n) is 15.2. The Hall–Kier alpha value is -2.02. The van der Waals surface area contributed by atoms with Gasteiger partial charge in [0.1, 0.15) is 18.1 Å². The minimum Gasteiger partial charge on any atom is -0.488 e. The van der Waals surface area contributed by atoms with Gasteiger partial charge in [-0.25, -0.2) is 0 Å². The third kappa shape index (κ3) is 5.25. The van der Waals surface area contributed by atoms with Gasteiger partial charge < -0.3 is 9.47 Å². The lowest BCUT2D eigenvalue weighted by atomic mass is 10.1. The van der Waals surface area contributed by atoms with Crippen LogP contribution in [0.2, 0.25) is 0 Å². The highest BCUT2D eigenvalue weighted by molar-refractivity contribution is 9.10. The Morgan fingerprint density at radius 2 is 1.85 bits per heavy atom. The average molecular weight is 445 g/mol. The second-order valence-corrected chi connectivity index (χ2v) is 6.81. The molecule has 0 atom stereocenters. The van der Waals surface area contributed by atoms with Gasteiger partial charge in [0.25, 0.3) is 0 Å². The maximum absolute atomic E-state index is 13.4. The molecule has 146 valence electrons. The first kappa shape index (κ1) is 21.3. The van der Waals surface area contributed by atoms with E-state index in [1.165, 1.54) is 12.1 Å². The van der Waals surface area contributed by atoms with Crippen molar-refractivity contribution in [1.29, 1.82) is 0 Å². The number of alkyl halides is 3. The summed E-state index contributed by atoms with van der Waals surface area (Å²) in [7, 11) is 0. The predicted molar refractivity (Wildman–Crippen MR) is 100.0 cm³/mol. The molecule has 27 heavy (non-hydrogen) atoms. The molecule has 2 rings (SSSR count). The summed E-state index contributed by atoms with van der Waals surface area (Å²) in [5.74, 6) is -0.330. The number of benzene rings is 2. The van der Waals surface area contributed by atoms with Crippen molar-refractivity contribution in [2.45, 2.75) is 46.4 Å². The Balaban J connectivity index is 2.39. The molecule has 0 aromatic heterocycles. The van der Waals surface area contributed by atoms with Crippen LogP contribution in [-0.4, -0.2) is 5.97 Å². The Morgan fingerprint density at radius 3 is 2.44 bits per heavy atom. The molecule has 0 fully saturated rings. The van der Waals surface area contributed by atoms with Gasteiger partial charge >= 0.3 is 12.1 Å². The van der Waals surface area contributed by atoms with Crippen LogP contribution < -0.4 is 9.47 Å². The summed E-state index contributed by atoms with van der Waals surface area (Å²) in [6.07, 6.45) is -3.70. The van der Waals surface area contributed by atoms with Gasteiger partial charge in [0.15, 0.2) is 0 Å². The summed E-state index contributed by atoms with van der Waals surface area (Å²) < 4.78 is 51.6. The maximum Gasteiger partial charge on any atom is 0.416 e. The van der Waals surface area contributed by atoms with Gasteiger partial charge in [-0.05, 0) is 64.7 Å². The van der Waals surface area contributed by atoms with Crippen molar-refractivity contribution >= 4 is 21.9 Å². The molecule has 0 unspecified atom stereocenters. The number of carbonyl (C=O) groups is 1. The van der Waals surface area contributed by atoms with Gasteiger partial charge in [0, 0.05) is 12.0 Å². The van der Waals surface area contributed by atoms with Crippen molar-refractivity contribution < 1.29 is 27.4 Å². The molecular formula is C20H20BrF3O3. The Morgan fingerprint density at radius 1 is 1.15 bits per heavy atom. The molecule has 0 spiro atoms. The minimum absolute atomic E-state index is 0.0553. The van der Waals surface area contributed by atoms with Crippen molar-refractivity contribution in [2.24, 2.45) is 0 Å². The van der Waals surface area contributed by atoms with Crippen LogP contribution in [0.4, 0.5) is 13.2 Å². The molecule has 0 aliphatic rings. The molecule has 3 nitrogen and oxygen atoms in total. The Labute approximate surface area is 164 Å². The van der Waals surface area contributed by atoms with E-state index in [9.17, 15) is 18.0 Å². The third-order valence-electron chi connectivity index (χ3n) is 4.09. The van der Waals surface area contributed by atoms with Crippen LogP contribution in [0.5, 0.6) is 11.5 Å². The van der Waals surface area contributed by atoms with Crippen LogP contribution >= 0.6 is 15.9 Å². The normalized spacial score (nSPS) is 11.4. The zero-order chi connectivity index (χ0) is 20.2. The molecule has 0 aliphatic carbocycles. The molecule has 7 heteroatoms. The number of esters is 1. The second kappa shape index (κ2) is 8.78. The summed E-state index contributed by atoms with van der Waals surface area (Å²) in [5, 5.41) is 0. The first-order valence-corrected chi connectivity index (χ1v) is 9.28. The standard InChI is InChI=1S/C20H20BrF3O3/c1-4-13-10-16(21)18(9-12(13)3)26-11-14-15(20(22,23)24)7-6-8-17(14)27-19(25)5-2/h6-10H,4-5,11H2,1-3H3. The van der Waals surface area contributed by atoms with E-state index < -0.39 is 17.7 Å². The first-order valence-electron chi connectivity index (χ1n) is 8.48. The van der Waals surface area contributed by atoms with Crippen LogP contribution in [0.15, 0.2) is 34.8 Å². The summed E-state index contributed by atoms with van der Waals surface area (Å²) in [5.41, 5.74) is 0.998.